The van der Waals surface area contributed by atoms with Crippen molar-refractivity contribution in [2.75, 3.05) is 5.32 Å². The Labute approximate surface area is 143 Å². The molecule has 8 heteroatoms. The largest absolute Gasteiger partial charge is 0.393 e. The Hall–Kier alpha value is -1.73. The molecule has 2 aromatic heterocycles. The maximum Gasteiger partial charge on any atom is 0.333 e. The number of alkyl halides is 2. The van der Waals surface area contributed by atoms with E-state index in [-0.39, 0.29) is 18.1 Å². The third-order valence-electron chi connectivity index (χ3n) is 4.44. The first kappa shape index (κ1) is 17.1. The predicted octanol–water partition coefficient (Wildman–Crippen LogP) is 3.96. The van der Waals surface area contributed by atoms with Crippen LogP contribution in [0.1, 0.15) is 32.7 Å². The maximum absolute atomic E-state index is 12.7. The number of hydrogen-bond acceptors (Lipinski definition) is 4. The lowest BCUT2D eigenvalue weighted by Crippen LogP contribution is -2.34. The molecule has 0 aliphatic heterocycles. The normalized spacial score (nSPS) is 24.3. The van der Waals surface area contributed by atoms with Crippen LogP contribution >= 0.6 is 11.6 Å². The topological polar surface area (TPSA) is 63.0 Å². The average molecular weight is 357 g/mol. The number of rotatable bonds is 4. The Morgan fingerprint density at radius 2 is 2.21 bits per heavy atom. The standard InChI is InChI=1S/C16H19ClF2N4O/c1-9-6-10(2-3-14(9)24)21-13-7-15(17)20-8-11(13)12-4-5-23(22-12)16(18)19/h4-5,7-10,14,16,24H,2-3,6H2,1H3,(H,20,21). The molecule has 3 unspecified atom stereocenters. The summed E-state index contributed by atoms with van der Waals surface area (Å²) in [6, 6.07) is 3.38. The highest BCUT2D eigenvalue weighted by Gasteiger charge is 2.26. The van der Waals surface area contributed by atoms with Gasteiger partial charge in [-0.1, -0.05) is 18.5 Å². The van der Waals surface area contributed by atoms with Crippen molar-refractivity contribution >= 4 is 17.3 Å². The SMILES string of the molecule is CC1CC(Nc2cc(Cl)ncc2-c2ccn(C(F)F)n2)CCC1O. The van der Waals surface area contributed by atoms with Crippen LogP contribution in [0.3, 0.4) is 0 Å². The Balaban J connectivity index is 1.85. The van der Waals surface area contributed by atoms with E-state index in [1.54, 1.807) is 6.07 Å². The van der Waals surface area contributed by atoms with E-state index in [1.165, 1.54) is 18.5 Å². The lowest BCUT2D eigenvalue weighted by atomic mass is 9.84. The van der Waals surface area contributed by atoms with Gasteiger partial charge >= 0.3 is 6.55 Å². The second-order valence-corrected chi connectivity index (χ2v) is 6.60. The van der Waals surface area contributed by atoms with Crippen LogP contribution < -0.4 is 5.32 Å². The first-order chi connectivity index (χ1) is 11.4. The lowest BCUT2D eigenvalue weighted by molar-refractivity contribution is 0.0568. The van der Waals surface area contributed by atoms with Crippen LogP contribution in [0.2, 0.25) is 5.15 Å². The fourth-order valence-electron chi connectivity index (χ4n) is 3.07. The van der Waals surface area contributed by atoms with Crippen molar-refractivity contribution in [3.05, 3.63) is 29.7 Å². The maximum atomic E-state index is 12.7. The summed E-state index contributed by atoms with van der Waals surface area (Å²) in [5, 5.41) is 17.5. The van der Waals surface area contributed by atoms with E-state index < -0.39 is 6.55 Å². The van der Waals surface area contributed by atoms with Crippen LogP contribution in [0, 0.1) is 5.92 Å². The van der Waals surface area contributed by atoms with Crippen molar-refractivity contribution in [3.63, 3.8) is 0 Å². The van der Waals surface area contributed by atoms with Gasteiger partial charge in [-0.15, -0.1) is 0 Å². The molecule has 130 valence electrons. The van der Waals surface area contributed by atoms with Gasteiger partial charge < -0.3 is 10.4 Å². The number of aromatic nitrogens is 3. The molecule has 24 heavy (non-hydrogen) atoms. The van der Waals surface area contributed by atoms with Crippen molar-refractivity contribution in [2.24, 2.45) is 5.92 Å². The summed E-state index contributed by atoms with van der Waals surface area (Å²) in [4.78, 5) is 4.04. The summed E-state index contributed by atoms with van der Waals surface area (Å²) < 4.78 is 26.1. The molecule has 2 aromatic rings. The third kappa shape index (κ3) is 3.67. The van der Waals surface area contributed by atoms with Gasteiger partial charge in [0.25, 0.3) is 0 Å². The molecule has 1 aliphatic carbocycles. The fourth-order valence-corrected chi connectivity index (χ4v) is 3.23. The molecule has 3 atom stereocenters. The van der Waals surface area contributed by atoms with E-state index in [4.69, 9.17) is 11.6 Å². The van der Waals surface area contributed by atoms with Crippen LogP contribution in [-0.2, 0) is 0 Å². The average Bonchev–Trinajstić information content (AvgIpc) is 3.01. The highest BCUT2D eigenvalue weighted by molar-refractivity contribution is 6.29. The first-order valence-corrected chi connectivity index (χ1v) is 8.25. The second-order valence-electron chi connectivity index (χ2n) is 6.21. The summed E-state index contributed by atoms with van der Waals surface area (Å²) in [6.45, 7) is -0.667. The molecule has 5 nitrogen and oxygen atoms in total. The third-order valence-corrected chi connectivity index (χ3v) is 4.65. The molecule has 1 aliphatic rings. The highest BCUT2D eigenvalue weighted by atomic mass is 35.5. The molecular formula is C16H19ClF2N4O. The molecule has 0 spiro atoms. The minimum Gasteiger partial charge on any atom is -0.393 e. The second kappa shape index (κ2) is 7.03. The summed E-state index contributed by atoms with van der Waals surface area (Å²) in [5.41, 5.74) is 1.74. The molecule has 0 saturated heterocycles. The van der Waals surface area contributed by atoms with Crippen LogP contribution in [0.15, 0.2) is 24.5 Å². The van der Waals surface area contributed by atoms with Crippen LogP contribution in [-0.4, -0.2) is 32.0 Å². The van der Waals surface area contributed by atoms with E-state index in [0.717, 1.165) is 19.3 Å². The zero-order chi connectivity index (χ0) is 17.3. The van der Waals surface area contributed by atoms with E-state index in [1.807, 2.05) is 6.92 Å². The molecular weight excluding hydrogens is 338 g/mol. The van der Waals surface area contributed by atoms with Gasteiger partial charge in [-0.05, 0) is 37.3 Å². The van der Waals surface area contributed by atoms with Gasteiger partial charge in [0.15, 0.2) is 0 Å². The van der Waals surface area contributed by atoms with E-state index >= 15 is 0 Å². The van der Waals surface area contributed by atoms with Crippen LogP contribution in [0.5, 0.6) is 0 Å². The van der Waals surface area contributed by atoms with Gasteiger partial charge in [0, 0.05) is 29.7 Å². The molecule has 1 saturated carbocycles. The van der Waals surface area contributed by atoms with Crippen molar-refractivity contribution in [2.45, 2.75) is 44.9 Å². The summed E-state index contributed by atoms with van der Waals surface area (Å²) in [7, 11) is 0. The van der Waals surface area contributed by atoms with Gasteiger partial charge in [-0.25, -0.2) is 9.67 Å². The number of pyridine rings is 1. The molecule has 0 radical (unpaired) electrons. The van der Waals surface area contributed by atoms with Crippen LogP contribution in [0.25, 0.3) is 11.3 Å². The number of halogens is 3. The number of aliphatic hydroxyl groups excluding tert-OH is 1. The number of aliphatic hydroxyl groups is 1. The number of hydrogen-bond donors (Lipinski definition) is 2. The summed E-state index contributed by atoms with van der Waals surface area (Å²) in [6.07, 6.45) is 4.88. The Bertz CT molecular complexity index is 709. The Kier molecular flexibility index (Phi) is 5.01. The first-order valence-electron chi connectivity index (χ1n) is 7.88. The molecule has 0 bridgehead atoms. The number of nitrogens with one attached hydrogen (secondary N) is 1. The molecule has 2 heterocycles. The smallest absolute Gasteiger partial charge is 0.333 e. The van der Waals surface area contributed by atoms with Crippen molar-refractivity contribution < 1.29 is 13.9 Å². The fraction of sp³-hybridized carbons (Fsp3) is 0.500. The Morgan fingerprint density at radius 1 is 1.42 bits per heavy atom. The van der Waals surface area contributed by atoms with E-state index in [9.17, 15) is 13.9 Å². The summed E-state index contributed by atoms with van der Waals surface area (Å²) >= 11 is 5.99. The minimum absolute atomic E-state index is 0.179. The van der Waals surface area contributed by atoms with Gasteiger partial charge in [-0.3, -0.25) is 0 Å². The number of nitrogens with zero attached hydrogens (tertiary/aromatic N) is 3. The molecule has 0 aromatic carbocycles. The quantitative estimate of drug-likeness (QED) is 0.814. The van der Waals surface area contributed by atoms with Gasteiger partial charge in [0.1, 0.15) is 5.15 Å². The Morgan fingerprint density at radius 3 is 2.88 bits per heavy atom. The predicted molar refractivity (Wildman–Crippen MR) is 88.2 cm³/mol. The number of anilines is 1. The van der Waals surface area contributed by atoms with Gasteiger partial charge in [0.05, 0.1) is 11.8 Å². The molecule has 2 N–H and O–H groups in total. The molecule has 0 amide bonds. The van der Waals surface area contributed by atoms with E-state index in [2.05, 4.69) is 15.4 Å². The molecule has 1 fully saturated rings. The zero-order valence-corrected chi connectivity index (χ0v) is 13.9. The zero-order valence-electron chi connectivity index (χ0n) is 13.2. The lowest BCUT2D eigenvalue weighted by Gasteiger charge is -2.32. The van der Waals surface area contributed by atoms with E-state index in [0.29, 0.717) is 26.8 Å². The van der Waals surface area contributed by atoms with Crippen molar-refractivity contribution in [1.29, 1.82) is 0 Å². The van der Waals surface area contributed by atoms with Gasteiger partial charge in [-0.2, -0.15) is 13.9 Å². The minimum atomic E-state index is -2.68. The van der Waals surface area contributed by atoms with Crippen molar-refractivity contribution in [3.8, 4) is 11.3 Å². The van der Waals surface area contributed by atoms with Gasteiger partial charge in [0.2, 0.25) is 0 Å². The van der Waals surface area contributed by atoms with Crippen LogP contribution in [0.4, 0.5) is 14.5 Å². The molecule has 3 rings (SSSR count). The monoisotopic (exact) mass is 356 g/mol. The highest BCUT2D eigenvalue weighted by Crippen LogP contribution is 2.32. The summed E-state index contributed by atoms with van der Waals surface area (Å²) in [5.74, 6) is 0.204. The van der Waals surface area contributed by atoms with Crippen molar-refractivity contribution in [1.82, 2.24) is 14.8 Å².